The van der Waals surface area contributed by atoms with E-state index < -0.39 is 30.5 Å². The smallest absolute Gasteiger partial charge is 0.269 e. The zero-order valence-electron chi connectivity index (χ0n) is 7.29. The van der Waals surface area contributed by atoms with Crippen molar-refractivity contribution in [3.05, 3.63) is 0 Å². The Bertz CT molecular complexity index is 244. The fourth-order valence-corrected chi connectivity index (χ4v) is 1.37. The molecule has 5 nitrogen and oxygen atoms in total. The highest BCUT2D eigenvalue weighted by Crippen LogP contribution is 2.33. The number of hydrogen-bond acceptors (Lipinski definition) is 6. The number of alkyl halides is 1. The second-order valence-corrected chi connectivity index (χ2v) is 3.63. The van der Waals surface area contributed by atoms with E-state index in [9.17, 15) is 4.39 Å². The SMILES string of the molecule is CC(O)C(=S)[C@H]1O[C@H](O)[C@H](O)[C@]1(O)F. The van der Waals surface area contributed by atoms with Crippen LogP contribution in [0.25, 0.3) is 0 Å². The monoisotopic (exact) mass is 226 g/mol. The number of aliphatic hydroxyl groups excluding tert-OH is 3. The molecule has 4 N–H and O–H groups in total. The second-order valence-electron chi connectivity index (χ2n) is 3.16. The number of halogens is 1. The summed E-state index contributed by atoms with van der Waals surface area (Å²) in [6.07, 6.45) is -6.84. The Hall–Kier alpha value is -0.180. The van der Waals surface area contributed by atoms with Gasteiger partial charge in [0.05, 0.1) is 11.0 Å². The molecule has 0 aromatic heterocycles. The van der Waals surface area contributed by atoms with Crippen molar-refractivity contribution < 1.29 is 29.6 Å². The van der Waals surface area contributed by atoms with Gasteiger partial charge in [0.25, 0.3) is 5.85 Å². The van der Waals surface area contributed by atoms with Crippen LogP contribution in [0.2, 0.25) is 0 Å². The van der Waals surface area contributed by atoms with E-state index in [1.54, 1.807) is 0 Å². The summed E-state index contributed by atoms with van der Waals surface area (Å²) >= 11 is 4.60. The molecule has 1 unspecified atom stereocenters. The minimum atomic E-state index is -3.17. The first-order valence-electron chi connectivity index (χ1n) is 3.93. The molecule has 1 fully saturated rings. The molecule has 0 amide bonds. The number of aliphatic hydroxyl groups is 4. The molecule has 0 aromatic carbocycles. The molecule has 7 heteroatoms. The third kappa shape index (κ3) is 1.79. The number of rotatable bonds is 2. The van der Waals surface area contributed by atoms with Crippen molar-refractivity contribution in [3.63, 3.8) is 0 Å². The van der Waals surface area contributed by atoms with Crippen LogP contribution in [0.4, 0.5) is 4.39 Å². The molecular formula is C7H11FO5S. The van der Waals surface area contributed by atoms with Gasteiger partial charge in [-0.25, -0.2) is 4.39 Å². The largest absolute Gasteiger partial charge is 0.388 e. The highest BCUT2D eigenvalue weighted by molar-refractivity contribution is 7.80. The lowest BCUT2D eigenvalue weighted by Gasteiger charge is -2.23. The standard InChI is InChI=1S/C7H11FO5S/c1-2(9)3(14)5-7(8,12)4(10)6(11)13-5/h2,4-6,9-12H,1H3/t2?,4-,5+,6-,7+/m0/s1. The summed E-state index contributed by atoms with van der Waals surface area (Å²) in [6.45, 7) is 1.26. The average Bonchev–Trinajstić information content (AvgIpc) is 2.28. The normalized spacial score (nSPS) is 45.1. The van der Waals surface area contributed by atoms with Gasteiger partial charge in [-0.2, -0.15) is 0 Å². The molecule has 0 saturated carbocycles. The van der Waals surface area contributed by atoms with E-state index in [0.29, 0.717) is 0 Å². The summed E-state index contributed by atoms with van der Waals surface area (Å²) in [5.41, 5.74) is 0. The average molecular weight is 226 g/mol. The first kappa shape index (κ1) is 11.9. The van der Waals surface area contributed by atoms with Gasteiger partial charge in [0.1, 0.15) is 0 Å². The third-order valence-electron chi connectivity index (χ3n) is 2.00. The molecule has 5 atom stereocenters. The summed E-state index contributed by atoms with van der Waals surface area (Å²) < 4.78 is 17.8. The number of ether oxygens (including phenoxy) is 1. The number of hydrogen-bond donors (Lipinski definition) is 4. The van der Waals surface area contributed by atoms with Crippen molar-refractivity contribution in [2.24, 2.45) is 0 Å². The summed E-state index contributed by atoms with van der Waals surface area (Å²) in [4.78, 5) is -0.314. The number of thiocarbonyl (C=S) groups is 1. The fraction of sp³-hybridized carbons (Fsp3) is 0.857. The first-order valence-corrected chi connectivity index (χ1v) is 4.34. The van der Waals surface area contributed by atoms with E-state index in [1.807, 2.05) is 0 Å². The Morgan fingerprint density at radius 3 is 2.36 bits per heavy atom. The van der Waals surface area contributed by atoms with Crippen LogP contribution < -0.4 is 0 Å². The van der Waals surface area contributed by atoms with E-state index in [1.165, 1.54) is 6.92 Å². The lowest BCUT2D eigenvalue weighted by Crippen LogP contribution is -2.48. The molecule has 1 heterocycles. The zero-order chi connectivity index (χ0) is 11.1. The van der Waals surface area contributed by atoms with Gasteiger partial charge in [0.2, 0.25) is 0 Å². The van der Waals surface area contributed by atoms with Gasteiger partial charge >= 0.3 is 0 Å². The van der Waals surface area contributed by atoms with Crippen LogP contribution in [0.3, 0.4) is 0 Å². The molecule has 0 aromatic rings. The van der Waals surface area contributed by atoms with Crippen molar-refractivity contribution in [2.75, 3.05) is 0 Å². The van der Waals surface area contributed by atoms with E-state index in [0.717, 1.165) is 0 Å². The summed E-state index contributed by atoms with van der Waals surface area (Å²) in [5.74, 6) is -3.17. The Kier molecular flexibility index (Phi) is 3.20. The van der Waals surface area contributed by atoms with Crippen LogP contribution in [-0.2, 0) is 4.74 Å². The minimum Gasteiger partial charge on any atom is -0.388 e. The predicted octanol–water partition coefficient (Wildman–Crippen LogP) is -1.53. The van der Waals surface area contributed by atoms with Gasteiger partial charge in [-0.05, 0) is 6.92 Å². The highest BCUT2D eigenvalue weighted by Gasteiger charge is 2.58. The third-order valence-corrected chi connectivity index (χ3v) is 2.55. The maximum Gasteiger partial charge on any atom is 0.269 e. The minimum absolute atomic E-state index is 0.314. The topological polar surface area (TPSA) is 90.2 Å². The van der Waals surface area contributed by atoms with Crippen LogP contribution in [-0.4, -0.2) is 55.7 Å². The lowest BCUT2D eigenvalue weighted by atomic mass is 10.0. The van der Waals surface area contributed by atoms with Crippen LogP contribution >= 0.6 is 12.2 Å². The maximum absolute atomic E-state index is 13.4. The quantitative estimate of drug-likeness (QED) is 0.427. The molecule has 1 saturated heterocycles. The molecule has 1 rings (SSSR count). The predicted molar refractivity (Wildman–Crippen MR) is 47.2 cm³/mol. The van der Waals surface area contributed by atoms with Crippen molar-refractivity contribution in [1.29, 1.82) is 0 Å². The van der Waals surface area contributed by atoms with Crippen LogP contribution in [0.15, 0.2) is 0 Å². The molecule has 0 radical (unpaired) electrons. The van der Waals surface area contributed by atoms with Gasteiger partial charge in [-0.15, -0.1) is 0 Å². The second kappa shape index (κ2) is 3.76. The van der Waals surface area contributed by atoms with Gasteiger partial charge in [0, 0.05) is 0 Å². The Morgan fingerprint density at radius 1 is 1.57 bits per heavy atom. The van der Waals surface area contributed by atoms with E-state index >= 15 is 0 Å². The van der Waals surface area contributed by atoms with Crippen molar-refractivity contribution in [2.45, 2.75) is 37.4 Å². The summed E-state index contributed by atoms with van der Waals surface area (Å²) in [5, 5.41) is 36.0. The van der Waals surface area contributed by atoms with Crippen molar-refractivity contribution in [3.8, 4) is 0 Å². The highest BCUT2D eigenvalue weighted by atomic mass is 32.1. The van der Waals surface area contributed by atoms with Crippen LogP contribution in [0, 0.1) is 0 Å². The molecule has 1 aliphatic heterocycles. The van der Waals surface area contributed by atoms with Gasteiger partial charge in [0.15, 0.2) is 18.5 Å². The molecule has 82 valence electrons. The summed E-state index contributed by atoms with van der Waals surface area (Å²) in [7, 11) is 0. The Labute approximate surface area is 84.7 Å². The molecule has 0 aliphatic carbocycles. The Balaban J connectivity index is 2.87. The van der Waals surface area contributed by atoms with Crippen molar-refractivity contribution in [1.82, 2.24) is 0 Å². The van der Waals surface area contributed by atoms with Gasteiger partial charge < -0.3 is 25.2 Å². The lowest BCUT2D eigenvalue weighted by molar-refractivity contribution is -0.167. The summed E-state index contributed by atoms with van der Waals surface area (Å²) in [6, 6.07) is 0. The van der Waals surface area contributed by atoms with E-state index in [4.69, 9.17) is 20.4 Å². The molecule has 14 heavy (non-hydrogen) atoms. The molecule has 1 aliphatic rings. The van der Waals surface area contributed by atoms with Crippen molar-refractivity contribution >= 4 is 17.1 Å². The molecular weight excluding hydrogens is 215 g/mol. The van der Waals surface area contributed by atoms with E-state index in [-0.39, 0.29) is 4.86 Å². The Morgan fingerprint density at radius 2 is 2.07 bits per heavy atom. The van der Waals surface area contributed by atoms with Crippen LogP contribution in [0.1, 0.15) is 6.92 Å². The molecule has 0 bridgehead atoms. The molecule has 0 spiro atoms. The fourth-order valence-electron chi connectivity index (χ4n) is 1.15. The van der Waals surface area contributed by atoms with Gasteiger partial charge in [-0.3, -0.25) is 0 Å². The maximum atomic E-state index is 13.4. The first-order chi connectivity index (χ1) is 6.28. The zero-order valence-corrected chi connectivity index (χ0v) is 8.11. The van der Waals surface area contributed by atoms with E-state index in [2.05, 4.69) is 17.0 Å². The van der Waals surface area contributed by atoms with Crippen LogP contribution in [0.5, 0.6) is 0 Å². The van der Waals surface area contributed by atoms with Gasteiger partial charge in [-0.1, -0.05) is 12.2 Å².